The molecule has 2 atom stereocenters. The number of benzene rings is 3. The Bertz CT molecular complexity index is 1330. The van der Waals surface area contributed by atoms with Crippen LogP contribution in [0.15, 0.2) is 72.8 Å². The van der Waals surface area contributed by atoms with Crippen LogP contribution in [0, 0.1) is 11.6 Å². The molecule has 1 aromatic heterocycles. The number of aromatic nitrogens is 1. The van der Waals surface area contributed by atoms with Crippen LogP contribution >= 0.6 is 0 Å². The van der Waals surface area contributed by atoms with E-state index in [-0.39, 0.29) is 13.0 Å². The highest BCUT2D eigenvalue weighted by atomic mass is 19.1. The first-order valence-corrected chi connectivity index (χ1v) is 12.1. The predicted octanol–water partition coefficient (Wildman–Crippen LogP) is 4.90. The van der Waals surface area contributed by atoms with Crippen molar-refractivity contribution in [2.45, 2.75) is 38.5 Å². The Morgan fingerprint density at radius 1 is 0.972 bits per heavy atom. The summed E-state index contributed by atoms with van der Waals surface area (Å²) in [7, 11) is 1.81. The van der Waals surface area contributed by atoms with Crippen LogP contribution in [-0.2, 0) is 31.2 Å². The number of ether oxygens (including phenoxy) is 1. The summed E-state index contributed by atoms with van der Waals surface area (Å²) in [5.41, 5.74) is 10.5. The molecule has 0 fully saturated rings. The summed E-state index contributed by atoms with van der Waals surface area (Å²) in [6.07, 6.45) is 0.360. The molecule has 4 rings (SSSR count). The number of nitrogens with two attached hydrogens (primary N) is 1. The van der Waals surface area contributed by atoms with Gasteiger partial charge in [0, 0.05) is 43.1 Å². The normalized spacial score (nSPS) is 13.0. The van der Waals surface area contributed by atoms with Crippen LogP contribution in [-0.4, -0.2) is 29.2 Å². The molecule has 0 amide bonds. The van der Waals surface area contributed by atoms with Crippen molar-refractivity contribution in [2.75, 3.05) is 6.54 Å². The molecule has 0 saturated carbocycles. The molecule has 3 N–H and O–H groups in total. The standard InChI is InChI=1S/C29H31F2N3O2/c1-3-19-7-6-8-20(11-19)17-33-18-28(25(32)14-21-12-23(30)16-24(31)13-21)36-29(35)27-15-22-9-4-5-10-26(22)34(27)2/h4-13,15-16,25,28,33H,3,14,17-18,32H2,1-2H3/t25-,28+/m0/s1. The first-order valence-electron chi connectivity index (χ1n) is 12.1. The zero-order valence-electron chi connectivity index (χ0n) is 20.5. The van der Waals surface area contributed by atoms with Crippen molar-refractivity contribution in [1.29, 1.82) is 0 Å². The fourth-order valence-electron chi connectivity index (χ4n) is 4.41. The minimum atomic E-state index is -0.726. The Balaban J connectivity index is 1.51. The van der Waals surface area contributed by atoms with Crippen LogP contribution in [0.2, 0.25) is 0 Å². The maximum Gasteiger partial charge on any atom is 0.355 e. The van der Waals surface area contributed by atoms with E-state index in [1.807, 2.05) is 43.4 Å². The van der Waals surface area contributed by atoms with E-state index in [1.54, 1.807) is 10.6 Å². The minimum absolute atomic E-state index is 0.148. The lowest BCUT2D eigenvalue weighted by atomic mass is 10.0. The number of halogens is 2. The molecular formula is C29H31F2N3O2. The van der Waals surface area contributed by atoms with Gasteiger partial charge < -0.3 is 20.4 Å². The number of nitrogens with one attached hydrogen (secondary N) is 1. The number of hydrogen-bond donors (Lipinski definition) is 2. The van der Waals surface area contributed by atoms with Crippen molar-refractivity contribution < 1.29 is 18.3 Å². The van der Waals surface area contributed by atoms with E-state index in [1.165, 1.54) is 17.7 Å². The van der Waals surface area contributed by atoms with Gasteiger partial charge in [-0.3, -0.25) is 0 Å². The van der Waals surface area contributed by atoms with E-state index in [0.717, 1.165) is 29.0 Å². The number of para-hydroxylation sites is 1. The van der Waals surface area contributed by atoms with E-state index in [0.29, 0.717) is 17.8 Å². The lowest BCUT2D eigenvalue weighted by Gasteiger charge is -2.25. The summed E-state index contributed by atoms with van der Waals surface area (Å²) >= 11 is 0. The Kier molecular flexibility index (Phi) is 8.13. The summed E-state index contributed by atoms with van der Waals surface area (Å²) in [4.78, 5) is 13.2. The van der Waals surface area contributed by atoms with Crippen LogP contribution in [0.3, 0.4) is 0 Å². The fraction of sp³-hybridized carbons (Fsp3) is 0.276. The van der Waals surface area contributed by atoms with E-state index < -0.39 is 29.7 Å². The molecule has 0 unspecified atom stereocenters. The highest BCUT2D eigenvalue weighted by Gasteiger charge is 2.25. The molecule has 188 valence electrons. The van der Waals surface area contributed by atoms with Gasteiger partial charge in [-0.05, 0) is 53.8 Å². The Labute approximate surface area is 209 Å². The number of carbonyl (C=O) groups excluding carboxylic acids is 1. The van der Waals surface area contributed by atoms with Crippen LogP contribution < -0.4 is 11.1 Å². The largest absolute Gasteiger partial charge is 0.455 e. The molecule has 36 heavy (non-hydrogen) atoms. The predicted molar refractivity (Wildman–Crippen MR) is 138 cm³/mol. The number of hydrogen-bond acceptors (Lipinski definition) is 4. The summed E-state index contributed by atoms with van der Waals surface area (Å²) < 4.78 is 35.1. The number of nitrogens with zero attached hydrogens (tertiary/aromatic N) is 1. The number of esters is 1. The maximum absolute atomic E-state index is 13.7. The number of rotatable bonds is 10. The van der Waals surface area contributed by atoms with Gasteiger partial charge >= 0.3 is 5.97 Å². The zero-order chi connectivity index (χ0) is 25.7. The summed E-state index contributed by atoms with van der Waals surface area (Å²) in [6, 6.07) is 20.3. The molecule has 0 aliphatic rings. The lowest BCUT2D eigenvalue weighted by molar-refractivity contribution is 0.0228. The number of carbonyl (C=O) groups is 1. The van der Waals surface area contributed by atoms with Crippen molar-refractivity contribution in [3.8, 4) is 0 Å². The van der Waals surface area contributed by atoms with Gasteiger partial charge in [0.2, 0.25) is 0 Å². The highest BCUT2D eigenvalue weighted by Crippen LogP contribution is 2.20. The molecule has 5 nitrogen and oxygen atoms in total. The molecule has 0 aliphatic heterocycles. The third-order valence-corrected chi connectivity index (χ3v) is 6.36. The SMILES string of the molecule is CCc1cccc(CNC[C@@H](OC(=O)c2cc3ccccc3n2C)[C@@H](N)Cc2cc(F)cc(F)c2)c1. The molecule has 0 aliphatic carbocycles. The molecule has 0 spiro atoms. The average Bonchev–Trinajstić information content (AvgIpc) is 3.19. The van der Waals surface area contributed by atoms with Gasteiger partial charge in [0.15, 0.2) is 0 Å². The molecule has 0 saturated heterocycles. The quantitative estimate of drug-likeness (QED) is 0.310. The van der Waals surface area contributed by atoms with Crippen molar-refractivity contribution >= 4 is 16.9 Å². The van der Waals surface area contributed by atoms with Crippen molar-refractivity contribution in [3.05, 3.63) is 107 Å². The zero-order valence-corrected chi connectivity index (χ0v) is 20.5. The topological polar surface area (TPSA) is 69.3 Å². The van der Waals surface area contributed by atoms with Gasteiger partial charge in [0.05, 0.1) is 0 Å². The van der Waals surface area contributed by atoms with Gasteiger partial charge in [0.1, 0.15) is 23.4 Å². The van der Waals surface area contributed by atoms with Gasteiger partial charge in [-0.2, -0.15) is 0 Å². The fourth-order valence-corrected chi connectivity index (χ4v) is 4.41. The monoisotopic (exact) mass is 491 g/mol. The lowest BCUT2D eigenvalue weighted by Crippen LogP contribution is -2.46. The van der Waals surface area contributed by atoms with Crippen molar-refractivity contribution in [3.63, 3.8) is 0 Å². The molecular weight excluding hydrogens is 460 g/mol. The average molecular weight is 492 g/mol. The Morgan fingerprint density at radius 3 is 2.42 bits per heavy atom. The van der Waals surface area contributed by atoms with Crippen molar-refractivity contribution in [2.24, 2.45) is 12.8 Å². The molecule has 3 aromatic carbocycles. The van der Waals surface area contributed by atoms with Crippen LogP contribution in [0.5, 0.6) is 0 Å². The molecule has 0 bridgehead atoms. The van der Waals surface area contributed by atoms with Gasteiger partial charge in [-0.1, -0.05) is 49.4 Å². The smallest absolute Gasteiger partial charge is 0.355 e. The second kappa shape index (κ2) is 11.5. The second-order valence-corrected chi connectivity index (χ2v) is 9.04. The number of aryl methyl sites for hydroxylation is 2. The second-order valence-electron chi connectivity index (χ2n) is 9.04. The molecule has 1 heterocycles. The molecule has 4 aromatic rings. The van der Waals surface area contributed by atoms with Gasteiger partial charge in [-0.15, -0.1) is 0 Å². The third kappa shape index (κ3) is 6.17. The van der Waals surface area contributed by atoms with Crippen LogP contribution in [0.4, 0.5) is 8.78 Å². The summed E-state index contributed by atoms with van der Waals surface area (Å²) in [6.45, 7) is 2.95. The van der Waals surface area contributed by atoms with E-state index in [2.05, 4.69) is 24.4 Å². The summed E-state index contributed by atoms with van der Waals surface area (Å²) in [5.74, 6) is -1.85. The van der Waals surface area contributed by atoms with Gasteiger partial charge in [0.25, 0.3) is 0 Å². The highest BCUT2D eigenvalue weighted by molar-refractivity contribution is 5.95. The number of fused-ring (bicyclic) bond motifs is 1. The van der Waals surface area contributed by atoms with Gasteiger partial charge in [-0.25, -0.2) is 13.6 Å². The minimum Gasteiger partial charge on any atom is -0.455 e. The Morgan fingerprint density at radius 2 is 1.69 bits per heavy atom. The van der Waals surface area contributed by atoms with E-state index >= 15 is 0 Å². The van der Waals surface area contributed by atoms with E-state index in [4.69, 9.17) is 10.5 Å². The molecule has 7 heteroatoms. The molecule has 0 radical (unpaired) electrons. The van der Waals surface area contributed by atoms with Crippen LogP contribution in [0.1, 0.15) is 34.1 Å². The first kappa shape index (κ1) is 25.5. The van der Waals surface area contributed by atoms with Crippen LogP contribution in [0.25, 0.3) is 10.9 Å². The van der Waals surface area contributed by atoms with Crippen molar-refractivity contribution in [1.82, 2.24) is 9.88 Å². The third-order valence-electron chi connectivity index (χ3n) is 6.36. The Hall–Kier alpha value is -3.55. The first-order chi connectivity index (χ1) is 17.3. The van der Waals surface area contributed by atoms with E-state index in [9.17, 15) is 13.6 Å². The summed E-state index contributed by atoms with van der Waals surface area (Å²) in [5, 5.41) is 4.26. The maximum atomic E-state index is 13.7.